The highest BCUT2D eigenvalue weighted by molar-refractivity contribution is 6.00. The Bertz CT molecular complexity index is 1300. The SMILES string of the molecule is CCOC(=O)c1c(-c2ccccc2)c(-c2ccccc2)nn(Cc2ccccc2C)c1=O. The second kappa shape index (κ2) is 9.43. The Morgan fingerprint density at radius 1 is 0.875 bits per heavy atom. The van der Waals surface area contributed by atoms with E-state index in [1.54, 1.807) is 6.92 Å². The van der Waals surface area contributed by atoms with E-state index >= 15 is 0 Å². The van der Waals surface area contributed by atoms with E-state index in [0.717, 1.165) is 22.3 Å². The van der Waals surface area contributed by atoms with Crippen molar-refractivity contribution in [1.82, 2.24) is 9.78 Å². The molecule has 0 saturated carbocycles. The average molecular weight is 425 g/mol. The molecule has 0 aliphatic carbocycles. The lowest BCUT2D eigenvalue weighted by molar-refractivity contribution is 0.0524. The monoisotopic (exact) mass is 424 g/mol. The smallest absolute Gasteiger partial charge is 0.344 e. The lowest BCUT2D eigenvalue weighted by Gasteiger charge is -2.17. The Labute approximate surface area is 186 Å². The minimum atomic E-state index is -0.644. The molecule has 160 valence electrons. The molecule has 0 atom stereocenters. The van der Waals surface area contributed by atoms with E-state index < -0.39 is 11.5 Å². The van der Waals surface area contributed by atoms with E-state index in [9.17, 15) is 9.59 Å². The van der Waals surface area contributed by atoms with Crippen LogP contribution in [0.5, 0.6) is 0 Å². The van der Waals surface area contributed by atoms with Gasteiger partial charge in [-0.25, -0.2) is 9.48 Å². The first-order chi connectivity index (χ1) is 15.6. The van der Waals surface area contributed by atoms with Gasteiger partial charge in [-0.05, 0) is 30.5 Å². The van der Waals surface area contributed by atoms with E-state index in [-0.39, 0.29) is 18.7 Å². The summed E-state index contributed by atoms with van der Waals surface area (Å²) >= 11 is 0. The number of benzene rings is 3. The topological polar surface area (TPSA) is 61.2 Å². The highest BCUT2D eigenvalue weighted by Gasteiger charge is 2.26. The predicted molar refractivity (Wildman–Crippen MR) is 126 cm³/mol. The molecule has 0 amide bonds. The zero-order chi connectivity index (χ0) is 22.5. The first kappa shape index (κ1) is 21.2. The number of aryl methyl sites for hydroxylation is 1. The average Bonchev–Trinajstić information content (AvgIpc) is 2.82. The van der Waals surface area contributed by atoms with Crippen LogP contribution >= 0.6 is 0 Å². The number of ether oxygens (including phenoxy) is 1. The fraction of sp³-hybridized carbons (Fsp3) is 0.148. The van der Waals surface area contributed by atoms with Crippen molar-refractivity contribution in [3.05, 3.63) is 112 Å². The molecule has 0 radical (unpaired) electrons. The first-order valence-electron chi connectivity index (χ1n) is 10.6. The zero-order valence-electron chi connectivity index (χ0n) is 18.1. The van der Waals surface area contributed by atoms with E-state index in [1.807, 2.05) is 91.9 Å². The number of esters is 1. The van der Waals surface area contributed by atoms with Crippen molar-refractivity contribution in [2.45, 2.75) is 20.4 Å². The van der Waals surface area contributed by atoms with Crippen LogP contribution in [0.25, 0.3) is 22.4 Å². The van der Waals surface area contributed by atoms with Crippen LogP contribution in [0.1, 0.15) is 28.4 Å². The fourth-order valence-electron chi connectivity index (χ4n) is 3.70. The first-order valence-corrected chi connectivity index (χ1v) is 10.6. The Hall–Kier alpha value is -3.99. The molecule has 0 fully saturated rings. The quantitative estimate of drug-likeness (QED) is 0.404. The summed E-state index contributed by atoms with van der Waals surface area (Å²) in [5.41, 5.74) is 4.15. The molecule has 1 aromatic heterocycles. The lowest BCUT2D eigenvalue weighted by Crippen LogP contribution is -2.31. The summed E-state index contributed by atoms with van der Waals surface area (Å²) in [4.78, 5) is 26.6. The third kappa shape index (κ3) is 4.23. The van der Waals surface area contributed by atoms with Gasteiger partial charge in [-0.15, -0.1) is 0 Å². The summed E-state index contributed by atoms with van der Waals surface area (Å²) in [6.07, 6.45) is 0. The molecule has 4 rings (SSSR count). The molecule has 3 aromatic carbocycles. The number of rotatable bonds is 6. The van der Waals surface area contributed by atoms with E-state index in [4.69, 9.17) is 9.84 Å². The highest BCUT2D eigenvalue weighted by Crippen LogP contribution is 2.32. The van der Waals surface area contributed by atoms with Crippen molar-refractivity contribution in [1.29, 1.82) is 0 Å². The van der Waals surface area contributed by atoms with Gasteiger partial charge in [0.15, 0.2) is 0 Å². The van der Waals surface area contributed by atoms with Gasteiger partial charge in [-0.3, -0.25) is 4.79 Å². The number of hydrogen-bond donors (Lipinski definition) is 0. The van der Waals surface area contributed by atoms with Gasteiger partial charge in [-0.1, -0.05) is 84.9 Å². The molecule has 32 heavy (non-hydrogen) atoms. The van der Waals surface area contributed by atoms with Gasteiger partial charge in [0.1, 0.15) is 5.56 Å². The van der Waals surface area contributed by atoms with Gasteiger partial charge in [0, 0.05) is 11.1 Å². The maximum atomic E-state index is 13.6. The molecule has 0 unspecified atom stereocenters. The summed E-state index contributed by atoms with van der Waals surface area (Å²) in [5.74, 6) is -0.644. The molecular weight excluding hydrogens is 400 g/mol. The van der Waals surface area contributed by atoms with Crippen LogP contribution in [-0.4, -0.2) is 22.4 Å². The number of nitrogens with zero attached hydrogens (tertiary/aromatic N) is 2. The minimum Gasteiger partial charge on any atom is -0.462 e. The zero-order valence-corrected chi connectivity index (χ0v) is 18.1. The second-order valence-corrected chi connectivity index (χ2v) is 7.44. The maximum Gasteiger partial charge on any atom is 0.344 e. The Morgan fingerprint density at radius 3 is 2.09 bits per heavy atom. The van der Waals surface area contributed by atoms with Crippen LogP contribution in [0.3, 0.4) is 0 Å². The molecule has 1 heterocycles. The van der Waals surface area contributed by atoms with Crippen molar-refractivity contribution in [3.63, 3.8) is 0 Å². The summed E-state index contributed by atoms with van der Waals surface area (Å²) in [5, 5.41) is 4.75. The highest BCUT2D eigenvalue weighted by atomic mass is 16.5. The molecule has 0 saturated heterocycles. The van der Waals surface area contributed by atoms with Crippen molar-refractivity contribution in [2.75, 3.05) is 6.61 Å². The van der Waals surface area contributed by atoms with Crippen LogP contribution in [0, 0.1) is 6.92 Å². The standard InChI is InChI=1S/C27H24N2O3/c1-3-32-27(31)24-23(20-13-6-4-7-14-20)25(21-15-8-5-9-16-21)28-29(26(24)30)18-22-17-11-10-12-19(22)2/h4-17H,3,18H2,1-2H3. The largest absolute Gasteiger partial charge is 0.462 e. The Balaban J connectivity index is 2.04. The molecule has 5 nitrogen and oxygen atoms in total. The lowest BCUT2D eigenvalue weighted by atomic mass is 9.95. The summed E-state index contributed by atoms with van der Waals surface area (Å²) in [6.45, 7) is 4.15. The van der Waals surface area contributed by atoms with E-state index in [1.165, 1.54) is 4.68 Å². The number of carbonyl (C=O) groups excluding carboxylic acids is 1. The molecule has 0 bridgehead atoms. The van der Waals surface area contributed by atoms with Gasteiger partial charge in [-0.2, -0.15) is 5.10 Å². The van der Waals surface area contributed by atoms with Crippen molar-refractivity contribution in [2.24, 2.45) is 0 Å². The Morgan fingerprint density at radius 2 is 1.47 bits per heavy atom. The maximum absolute atomic E-state index is 13.6. The van der Waals surface area contributed by atoms with Crippen LogP contribution in [-0.2, 0) is 11.3 Å². The van der Waals surface area contributed by atoms with Crippen LogP contribution in [0.4, 0.5) is 0 Å². The van der Waals surface area contributed by atoms with Gasteiger partial charge in [0.2, 0.25) is 0 Å². The number of carbonyl (C=O) groups is 1. The Kier molecular flexibility index (Phi) is 6.26. The van der Waals surface area contributed by atoms with Crippen molar-refractivity contribution in [3.8, 4) is 22.4 Å². The predicted octanol–water partition coefficient (Wildman–Crippen LogP) is 5.11. The van der Waals surface area contributed by atoms with Crippen molar-refractivity contribution >= 4 is 5.97 Å². The summed E-state index contributed by atoms with van der Waals surface area (Å²) in [6, 6.07) is 26.8. The van der Waals surface area contributed by atoms with Gasteiger partial charge >= 0.3 is 5.97 Å². The summed E-state index contributed by atoms with van der Waals surface area (Å²) < 4.78 is 6.68. The van der Waals surface area contributed by atoms with Crippen LogP contribution in [0.15, 0.2) is 89.7 Å². The summed E-state index contributed by atoms with van der Waals surface area (Å²) in [7, 11) is 0. The van der Waals surface area contributed by atoms with Gasteiger partial charge in [0.25, 0.3) is 5.56 Å². The molecule has 0 aliphatic heterocycles. The van der Waals surface area contributed by atoms with Gasteiger partial charge in [0.05, 0.1) is 18.8 Å². The fourth-order valence-corrected chi connectivity index (χ4v) is 3.70. The van der Waals surface area contributed by atoms with Crippen LogP contribution in [0.2, 0.25) is 0 Å². The van der Waals surface area contributed by atoms with Crippen LogP contribution < -0.4 is 5.56 Å². The number of aromatic nitrogens is 2. The number of hydrogen-bond acceptors (Lipinski definition) is 4. The molecule has 5 heteroatoms. The molecular formula is C27H24N2O3. The second-order valence-electron chi connectivity index (χ2n) is 7.44. The van der Waals surface area contributed by atoms with E-state index in [0.29, 0.717) is 11.3 Å². The molecule has 0 N–H and O–H groups in total. The third-order valence-corrected chi connectivity index (χ3v) is 5.33. The minimum absolute atomic E-state index is 0.000451. The third-order valence-electron chi connectivity index (χ3n) is 5.33. The normalized spacial score (nSPS) is 10.7. The molecule has 0 aliphatic rings. The van der Waals surface area contributed by atoms with Crippen molar-refractivity contribution < 1.29 is 9.53 Å². The molecule has 4 aromatic rings. The van der Waals surface area contributed by atoms with E-state index in [2.05, 4.69) is 0 Å². The molecule has 0 spiro atoms. The van der Waals surface area contributed by atoms with Gasteiger partial charge < -0.3 is 4.74 Å².